The number of nitrogens with one attached hydrogen (secondary N) is 2. The van der Waals surface area contributed by atoms with Gasteiger partial charge in [0.2, 0.25) is 0 Å². The van der Waals surface area contributed by atoms with Gasteiger partial charge >= 0.3 is 0 Å². The smallest absolute Gasteiger partial charge is 0.278 e. The molecule has 0 bridgehead atoms. The summed E-state index contributed by atoms with van der Waals surface area (Å²) in [4.78, 5) is 0. The largest absolute Gasteiger partial charge is 0.392 e. The zero-order chi connectivity index (χ0) is 13.0. The predicted octanol–water partition coefficient (Wildman–Crippen LogP) is -0.869. The van der Waals surface area contributed by atoms with Gasteiger partial charge in [-0.2, -0.15) is 12.7 Å². The van der Waals surface area contributed by atoms with Crippen molar-refractivity contribution < 1.29 is 13.5 Å². The lowest BCUT2D eigenvalue weighted by Crippen LogP contribution is -2.52. The third-order valence-electron chi connectivity index (χ3n) is 2.05. The summed E-state index contributed by atoms with van der Waals surface area (Å²) in [6.07, 6.45) is -0.454. The molecule has 0 heterocycles. The van der Waals surface area contributed by atoms with Gasteiger partial charge in [0.15, 0.2) is 0 Å². The van der Waals surface area contributed by atoms with E-state index in [4.69, 9.17) is 5.11 Å². The lowest BCUT2D eigenvalue weighted by atomic mass is 10.1. The van der Waals surface area contributed by atoms with Gasteiger partial charge in [-0.25, -0.2) is 4.72 Å². The number of hydrogen-bond acceptors (Lipinski definition) is 4. The van der Waals surface area contributed by atoms with Gasteiger partial charge in [0.25, 0.3) is 10.2 Å². The molecule has 0 aromatic rings. The molecule has 0 saturated carbocycles. The molecule has 0 saturated heterocycles. The number of nitrogens with zero attached hydrogens (tertiary/aromatic N) is 1. The maximum atomic E-state index is 11.5. The minimum atomic E-state index is -3.39. The lowest BCUT2D eigenvalue weighted by Gasteiger charge is -2.28. The highest BCUT2D eigenvalue weighted by atomic mass is 32.2. The van der Waals surface area contributed by atoms with Crippen LogP contribution in [0.4, 0.5) is 0 Å². The van der Waals surface area contributed by atoms with Gasteiger partial charge in [0, 0.05) is 32.7 Å². The second-order valence-corrected chi connectivity index (χ2v) is 6.69. The van der Waals surface area contributed by atoms with Crippen LogP contribution in [0.2, 0.25) is 0 Å². The van der Waals surface area contributed by atoms with Crippen molar-refractivity contribution >= 4 is 10.2 Å². The highest BCUT2D eigenvalue weighted by Gasteiger charge is 2.21. The fraction of sp³-hybridized carbons (Fsp3) is 1.00. The molecule has 0 aliphatic heterocycles. The quantitative estimate of drug-likeness (QED) is 0.551. The van der Waals surface area contributed by atoms with Crippen LogP contribution in [0.3, 0.4) is 0 Å². The van der Waals surface area contributed by atoms with Crippen molar-refractivity contribution in [1.29, 1.82) is 0 Å². The second-order valence-electron chi connectivity index (χ2n) is 4.72. The van der Waals surface area contributed by atoms with Gasteiger partial charge in [0.05, 0.1) is 6.10 Å². The average Bonchev–Trinajstić information content (AvgIpc) is 2.12. The molecule has 1 atom stereocenters. The standard InChI is InChI=1S/C9H23N3O3S/c1-8(13)6-10-9(2,3)7-11-16(14,15)12(4)5/h8,10-11,13H,6-7H2,1-5H3. The summed E-state index contributed by atoms with van der Waals surface area (Å²) in [5.41, 5.74) is -0.403. The van der Waals surface area contributed by atoms with Crippen molar-refractivity contribution in [2.75, 3.05) is 27.2 Å². The molecule has 0 aromatic heterocycles. The molecule has 98 valence electrons. The average molecular weight is 253 g/mol. The van der Waals surface area contributed by atoms with E-state index in [1.807, 2.05) is 13.8 Å². The van der Waals surface area contributed by atoms with Crippen LogP contribution < -0.4 is 10.0 Å². The Morgan fingerprint density at radius 2 is 1.88 bits per heavy atom. The maximum absolute atomic E-state index is 11.5. The first-order valence-corrected chi connectivity index (χ1v) is 6.61. The highest BCUT2D eigenvalue weighted by molar-refractivity contribution is 7.87. The van der Waals surface area contributed by atoms with E-state index in [2.05, 4.69) is 10.0 Å². The van der Waals surface area contributed by atoms with E-state index in [1.54, 1.807) is 6.92 Å². The Balaban J connectivity index is 4.18. The van der Waals surface area contributed by atoms with E-state index < -0.39 is 21.9 Å². The van der Waals surface area contributed by atoms with E-state index in [0.29, 0.717) is 6.54 Å². The summed E-state index contributed by atoms with van der Waals surface area (Å²) in [7, 11) is -0.448. The molecule has 0 radical (unpaired) electrons. The first kappa shape index (κ1) is 15.8. The van der Waals surface area contributed by atoms with Gasteiger partial charge in [-0.1, -0.05) is 0 Å². The van der Waals surface area contributed by atoms with Crippen LogP contribution in [0.15, 0.2) is 0 Å². The summed E-state index contributed by atoms with van der Waals surface area (Å²) in [5, 5.41) is 12.2. The van der Waals surface area contributed by atoms with Gasteiger partial charge in [-0.15, -0.1) is 0 Å². The Hall–Kier alpha value is -0.210. The number of rotatable bonds is 7. The normalized spacial score (nSPS) is 15.4. The van der Waals surface area contributed by atoms with Crippen molar-refractivity contribution in [1.82, 2.24) is 14.3 Å². The molecule has 7 heteroatoms. The van der Waals surface area contributed by atoms with Crippen LogP contribution in [0.5, 0.6) is 0 Å². The summed E-state index contributed by atoms with van der Waals surface area (Å²) in [6.45, 7) is 6.10. The zero-order valence-electron chi connectivity index (χ0n) is 10.6. The first-order valence-electron chi connectivity index (χ1n) is 5.17. The molecule has 6 nitrogen and oxygen atoms in total. The summed E-state index contributed by atoms with van der Waals surface area (Å²) in [5.74, 6) is 0. The molecule has 0 aliphatic rings. The van der Waals surface area contributed by atoms with Crippen molar-refractivity contribution in [2.45, 2.75) is 32.4 Å². The molecular formula is C9H23N3O3S. The van der Waals surface area contributed by atoms with E-state index in [-0.39, 0.29) is 6.54 Å². The van der Waals surface area contributed by atoms with Crippen molar-refractivity contribution in [3.63, 3.8) is 0 Å². The molecular weight excluding hydrogens is 230 g/mol. The third-order valence-corrected chi connectivity index (χ3v) is 3.52. The minimum Gasteiger partial charge on any atom is -0.392 e. The highest BCUT2D eigenvalue weighted by Crippen LogP contribution is 2.01. The van der Waals surface area contributed by atoms with Crippen LogP contribution >= 0.6 is 0 Å². The van der Waals surface area contributed by atoms with Crippen LogP contribution in [-0.4, -0.2) is 56.7 Å². The van der Waals surface area contributed by atoms with E-state index in [1.165, 1.54) is 14.1 Å². The maximum Gasteiger partial charge on any atom is 0.278 e. The lowest BCUT2D eigenvalue weighted by molar-refractivity contribution is 0.177. The van der Waals surface area contributed by atoms with Gasteiger partial charge in [0.1, 0.15) is 0 Å². The molecule has 0 amide bonds. The molecule has 16 heavy (non-hydrogen) atoms. The zero-order valence-corrected chi connectivity index (χ0v) is 11.4. The number of aliphatic hydroxyl groups excluding tert-OH is 1. The van der Waals surface area contributed by atoms with Crippen LogP contribution in [0.1, 0.15) is 20.8 Å². The molecule has 0 rings (SSSR count). The van der Waals surface area contributed by atoms with Crippen LogP contribution in [-0.2, 0) is 10.2 Å². The van der Waals surface area contributed by atoms with E-state index >= 15 is 0 Å². The Morgan fingerprint density at radius 1 is 1.38 bits per heavy atom. The van der Waals surface area contributed by atoms with Crippen molar-refractivity contribution in [3.8, 4) is 0 Å². The Morgan fingerprint density at radius 3 is 2.25 bits per heavy atom. The molecule has 0 fully saturated rings. The first-order chi connectivity index (χ1) is 7.07. The SMILES string of the molecule is CC(O)CNC(C)(C)CNS(=O)(=O)N(C)C. The molecule has 1 unspecified atom stereocenters. The fourth-order valence-electron chi connectivity index (χ4n) is 0.887. The Kier molecular flexibility index (Phi) is 5.85. The molecule has 0 spiro atoms. The molecule has 3 N–H and O–H groups in total. The predicted molar refractivity (Wildman–Crippen MR) is 64.4 cm³/mol. The summed E-state index contributed by atoms with van der Waals surface area (Å²) >= 11 is 0. The topological polar surface area (TPSA) is 81.7 Å². The number of aliphatic hydroxyl groups is 1. The van der Waals surface area contributed by atoms with E-state index in [0.717, 1.165) is 4.31 Å². The monoisotopic (exact) mass is 253 g/mol. The number of β-amino-alcohol motifs (C(OH)–C–C–N with tert-alkyl or cyclic N) is 1. The van der Waals surface area contributed by atoms with E-state index in [9.17, 15) is 8.42 Å². The molecule has 0 aliphatic carbocycles. The Labute approximate surface area is 98.2 Å². The summed E-state index contributed by atoms with van der Waals surface area (Å²) in [6, 6.07) is 0. The Bertz CT molecular complexity index is 299. The van der Waals surface area contributed by atoms with Gasteiger partial charge in [-0.05, 0) is 20.8 Å². The van der Waals surface area contributed by atoms with Crippen LogP contribution in [0.25, 0.3) is 0 Å². The van der Waals surface area contributed by atoms with Crippen LogP contribution in [0, 0.1) is 0 Å². The van der Waals surface area contributed by atoms with Crippen molar-refractivity contribution in [2.24, 2.45) is 0 Å². The molecule has 0 aromatic carbocycles. The third kappa shape index (κ3) is 6.39. The number of hydrogen-bond donors (Lipinski definition) is 3. The minimum absolute atomic E-state index is 0.264. The van der Waals surface area contributed by atoms with Gasteiger partial charge < -0.3 is 10.4 Å². The van der Waals surface area contributed by atoms with Crippen molar-refractivity contribution in [3.05, 3.63) is 0 Å². The summed E-state index contributed by atoms with van der Waals surface area (Å²) < 4.78 is 26.5. The second kappa shape index (κ2) is 5.92. The van der Waals surface area contributed by atoms with Gasteiger partial charge in [-0.3, -0.25) is 0 Å². The fourth-order valence-corrected chi connectivity index (χ4v) is 1.69.